The lowest BCUT2D eigenvalue weighted by atomic mass is 10.2. The number of carboxylic acid groups (broad SMARTS) is 1. The van der Waals surface area contributed by atoms with E-state index in [-0.39, 0.29) is 5.91 Å². The highest BCUT2D eigenvalue weighted by molar-refractivity contribution is 9.10. The number of amides is 1. The molecule has 1 fully saturated rings. The summed E-state index contributed by atoms with van der Waals surface area (Å²) in [6.45, 7) is 0. The molecule has 0 spiro atoms. The summed E-state index contributed by atoms with van der Waals surface area (Å²) >= 11 is 3.32. The van der Waals surface area contributed by atoms with E-state index in [2.05, 4.69) is 21.2 Å². The lowest BCUT2D eigenvalue weighted by molar-refractivity contribution is -0.150. The normalized spacial score (nSPS) is 21.5. The lowest BCUT2D eigenvalue weighted by Gasteiger charge is -2.12. The van der Waals surface area contributed by atoms with Crippen LogP contribution in [0.1, 0.15) is 12.8 Å². The van der Waals surface area contributed by atoms with Crippen molar-refractivity contribution in [3.8, 4) is 5.75 Å². The van der Waals surface area contributed by atoms with Crippen molar-refractivity contribution in [3.63, 3.8) is 0 Å². The van der Waals surface area contributed by atoms with E-state index in [1.807, 2.05) is 0 Å². The van der Waals surface area contributed by atoms with Gasteiger partial charge in [-0.1, -0.05) is 15.9 Å². The summed E-state index contributed by atoms with van der Waals surface area (Å²) in [6.07, 6.45) is -0.896. The monoisotopic (exact) mass is 343 g/mol. The fraction of sp³-hybridized carbons (Fsp3) is 0.385. The maximum absolute atomic E-state index is 12.0. The summed E-state index contributed by atoms with van der Waals surface area (Å²) in [7, 11) is 1.53. The van der Waals surface area contributed by atoms with Gasteiger partial charge in [0.05, 0.1) is 7.11 Å². The van der Waals surface area contributed by atoms with E-state index in [1.165, 1.54) is 7.11 Å². The van der Waals surface area contributed by atoms with Crippen LogP contribution >= 0.6 is 15.9 Å². The first-order chi connectivity index (χ1) is 9.49. The molecule has 2 N–H and O–H groups in total. The fourth-order valence-electron chi connectivity index (χ4n) is 1.99. The fourth-order valence-corrected chi connectivity index (χ4v) is 2.46. The second-order valence-corrected chi connectivity index (χ2v) is 5.31. The zero-order chi connectivity index (χ0) is 14.7. The number of methoxy groups -OCH3 is 1. The highest BCUT2D eigenvalue weighted by atomic mass is 79.9. The summed E-state index contributed by atoms with van der Waals surface area (Å²) in [5.41, 5.74) is 0.559. The molecule has 1 aromatic carbocycles. The summed E-state index contributed by atoms with van der Waals surface area (Å²) in [6, 6.07) is 5.17. The van der Waals surface area contributed by atoms with Crippen molar-refractivity contribution < 1.29 is 24.2 Å². The van der Waals surface area contributed by atoms with Gasteiger partial charge in [0.25, 0.3) is 5.91 Å². The van der Waals surface area contributed by atoms with E-state index < -0.39 is 18.2 Å². The number of carbonyl (C=O) groups excluding carboxylic acids is 1. The number of nitrogens with one attached hydrogen (secondary N) is 1. The Labute approximate surface area is 124 Å². The number of hydrogen-bond acceptors (Lipinski definition) is 4. The summed E-state index contributed by atoms with van der Waals surface area (Å²) in [4.78, 5) is 22.8. The van der Waals surface area contributed by atoms with Crippen molar-refractivity contribution in [2.24, 2.45) is 0 Å². The van der Waals surface area contributed by atoms with Crippen LogP contribution in [0.25, 0.3) is 0 Å². The smallest absolute Gasteiger partial charge is 0.332 e. The molecule has 1 aromatic rings. The zero-order valence-electron chi connectivity index (χ0n) is 10.8. The SMILES string of the molecule is COc1cc(Br)cc(NC(=O)C2CCC(C(=O)O)O2)c1. The molecule has 1 saturated heterocycles. The Morgan fingerprint density at radius 2 is 2.05 bits per heavy atom. The van der Waals surface area contributed by atoms with Crippen LogP contribution in [0.5, 0.6) is 5.75 Å². The summed E-state index contributed by atoms with van der Waals surface area (Å²) < 4.78 is 11.1. The minimum atomic E-state index is -1.04. The van der Waals surface area contributed by atoms with Crippen LogP contribution < -0.4 is 10.1 Å². The van der Waals surface area contributed by atoms with Gasteiger partial charge in [0, 0.05) is 16.2 Å². The predicted molar refractivity (Wildman–Crippen MR) is 74.9 cm³/mol. The van der Waals surface area contributed by atoms with Crippen molar-refractivity contribution in [3.05, 3.63) is 22.7 Å². The van der Waals surface area contributed by atoms with Gasteiger partial charge in [0.2, 0.25) is 0 Å². The Balaban J connectivity index is 2.02. The number of halogens is 1. The number of hydrogen-bond donors (Lipinski definition) is 2. The maximum atomic E-state index is 12.0. The van der Waals surface area contributed by atoms with Crippen molar-refractivity contribution in [2.75, 3.05) is 12.4 Å². The number of aliphatic carboxylic acids is 1. The minimum absolute atomic E-state index is 0.342. The number of anilines is 1. The van der Waals surface area contributed by atoms with E-state index in [0.717, 1.165) is 4.47 Å². The van der Waals surface area contributed by atoms with Gasteiger partial charge in [-0.15, -0.1) is 0 Å². The van der Waals surface area contributed by atoms with Gasteiger partial charge in [0.15, 0.2) is 6.10 Å². The van der Waals surface area contributed by atoms with E-state index in [1.54, 1.807) is 18.2 Å². The van der Waals surface area contributed by atoms with Gasteiger partial charge >= 0.3 is 5.97 Å². The molecule has 1 aliphatic heterocycles. The molecular weight excluding hydrogens is 330 g/mol. The Hall–Kier alpha value is -1.60. The van der Waals surface area contributed by atoms with E-state index in [4.69, 9.17) is 14.6 Å². The molecule has 0 aliphatic carbocycles. The first-order valence-electron chi connectivity index (χ1n) is 6.03. The molecule has 1 amide bonds. The van der Waals surface area contributed by atoms with Crippen molar-refractivity contribution in [1.82, 2.24) is 0 Å². The van der Waals surface area contributed by atoms with E-state index in [0.29, 0.717) is 24.3 Å². The van der Waals surface area contributed by atoms with Gasteiger partial charge in [-0.3, -0.25) is 4.79 Å². The molecule has 0 saturated carbocycles. The van der Waals surface area contributed by atoms with E-state index in [9.17, 15) is 9.59 Å². The standard InChI is InChI=1S/C13H14BrNO5/c1-19-9-5-7(14)4-8(6-9)15-12(16)10-2-3-11(20-10)13(17)18/h4-6,10-11H,2-3H2,1H3,(H,15,16)(H,17,18). The highest BCUT2D eigenvalue weighted by Crippen LogP contribution is 2.26. The summed E-state index contributed by atoms with van der Waals surface area (Å²) in [5, 5.41) is 11.5. The van der Waals surface area contributed by atoms with Crippen LogP contribution in [0.15, 0.2) is 22.7 Å². The van der Waals surface area contributed by atoms with Gasteiger partial charge in [-0.2, -0.15) is 0 Å². The number of benzene rings is 1. The molecule has 1 aliphatic rings. The molecule has 2 atom stereocenters. The van der Waals surface area contributed by atoms with Crippen molar-refractivity contribution in [2.45, 2.75) is 25.0 Å². The first-order valence-corrected chi connectivity index (χ1v) is 6.82. The topological polar surface area (TPSA) is 84.9 Å². The molecular formula is C13H14BrNO5. The highest BCUT2D eigenvalue weighted by Gasteiger charge is 2.34. The summed E-state index contributed by atoms with van der Waals surface area (Å²) in [5.74, 6) is -0.788. The molecule has 20 heavy (non-hydrogen) atoms. The van der Waals surface area contributed by atoms with Crippen LogP contribution in [0, 0.1) is 0 Å². The Bertz CT molecular complexity index is 533. The Kier molecular flexibility index (Phi) is 4.61. The molecule has 108 valence electrons. The van der Waals surface area contributed by atoms with E-state index >= 15 is 0 Å². The van der Waals surface area contributed by atoms with Crippen LogP contribution in [-0.4, -0.2) is 36.3 Å². The van der Waals surface area contributed by atoms with Crippen LogP contribution in [0.2, 0.25) is 0 Å². The predicted octanol–water partition coefficient (Wildman–Crippen LogP) is 2.03. The van der Waals surface area contributed by atoms with Gasteiger partial charge in [0.1, 0.15) is 11.9 Å². The van der Waals surface area contributed by atoms with Crippen LogP contribution in [0.3, 0.4) is 0 Å². The maximum Gasteiger partial charge on any atom is 0.332 e. The largest absolute Gasteiger partial charge is 0.497 e. The second-order valence-electron chi connectivity index (χ2n) is 4.40. The molecule has 0 aromatic heterocycles. The number of rotatable bonds is 4. The molecule has 2 unspecified atom stereocenters. The lowest BCUT2D eigenvalue weighted by Crippen LogP contribution is -2.29. The van der Waals surface area contributed by atoms with Gasteiger partial charge < -0.3 is 19.9 Å². The first kappa shape index (κ1) is 14.8. The second kappa shape index (κ2) is 6.23. The Morgan fingerprint density at radius 1 is 1.35 bits per heavy atom. The molecule has 1 heterocycles. The Morgan fingerprint density at radius 3 is 2.65 bits per heavy atom. The van der Waals surface area contributed by atoms with Gasteiger partial charge in [-0.25, -0.2) is 4.79 Å². The number of carbonyl (C=O) groups is 2. The van der Waals surface area contributed by atoms with Gasteiger partial charge in [-0.05, 0) is 25.0 Å². The third-order valence-electron chi connectivity index (χ3n) is 2.96. The molecule has 0 bridgehead atoms. The molecule has 7 heteroatoms. The van der Waals surface area contributed by atoms with Crippen molar-refractivity contribution in [1.29, 1.82) is 0 Å². The number of ether oxygens (including phenoxy) is 2. The third-order valence-corrected chi connectivity index (χ3v) is 3.42. The molecule has 0 radical (unpaired) electrons. The molecule has 2 rings (SSSR count). The zero-order valence-corrected chi connectivity index (χ0v) is 12.3. The minimum Gasteiger partial charge on any atom is -0.497 e. The molecule has 6 nitrogen and oxygen atoms in total. The van der Waals surface area contributed by atoms with Crippen LogP contribution in [-0.2, 0) is 14.3 Å². The number of carboxylic acids is 1. The quantitative estimate of drug-likeness (QED) is 0.873. The van der Waals surface area contributed by atoms with Crippen LogP contribution in [0.4, 0.5) is 5.69 Å². The van der Waals surface area contributed by atoms with Crippen molar-refractivity contribution >= 4 is 33.5 Å². The average Bonchev–Trinajstić information content (AvgIpc) is 2.87. The third kappa shape index (κ3) is 3.49. The average molecular weight is 344 g/mol.